The summed E-state index contributed by atoms with van der Waals surface area (Å²) in [6.07, 6.45) is 3.61. The number of amides is 1. The summed E-state index contributed by atoms with van der Waals surface area (Å²) in [5.74, 6) is 0.108. The summed E-state index contributed by atoms with van der Waals surface area (Å²) in [5.41, 5.74) is 0. The second kappa shape index (κ2) is 4.23. The van der Waals surface area contributed by atoms with Crippen LogP contribution in [0.1, 0.15) is 6.92 Å². The van der Waals surface area contributed by atoms with E-state index in [1.54, 1.807) is 0 Å². The van der Waals surface area contributed by atoms with E-state index in [2.05, 4.69) is 23.4 Å². The summed E-state index contributed by atoms with van der Waals surface area (Å²) >= 11 is 0. The topological polar surface area (TPSA) is 32.3 Å². The molecule has 1 saturated heterocycles. The quantitative estimate of drug-likeness (QED) is 0.495. The molecule has 0 aliphatic carbocycles. The smallest absolute Gasteiger partial charge is 0.239 e. The minimum absolute atomic E-state index is 0.00370. The number of nitrogens with one attached hydrogen (secondary N) is 1. The van der Waals surface area contributed by atoms with E-state index >= 15 is 0 Å². The van der Waals surface area contributed by atoms with Gasteiger partial charge in [0.25, 0.3) is 0 Å². The van der Waals surface area contributed by atoms with Gasteiger partial charge in [-0.15, -0.1) is 13.2 Å². The summed E-state index contributed by atoms with van der Waals surface area (Å²) in [5, 5.41) is 2.80. The summed E-state index contributed by atoms with van der Waals surface area (Å²) in [7, 11) is 0. The highest BCUT2D eigenvalue weighted by atomic mass is 16.2. The lowest BCUT2D eigenvalue weighted by Gasteiger charge is -2.41. The third kappa shape index (κ3) is 1.98. The van der Waals surface area contributed by atoms with Crippen molar-refractivity contribution in [2.45, 2.75) is 19.0 Å². The first-order valence-corrected chi connectivity index (χ1v) is 4.47. The summed E-state index contributed by atoms with van der Waals surface area (Å²) in [4.78, 5) is 13.3. The first-order chi connectivity index (χ1) is 6.20. The normalized spacial score (nSPS) is 26.5. The molecule has 0 aromatic heterocycles. The van der Waals surface area contributed by atoms with Gasteiger partial charge in [0.1, 0.15) is 6.04 Å². The van der Waals surface area contributed by atoms with Gasteiger partial charge in [-0.25, -0.2) is 0 Å². The largest absolute Gasteiger partial charge is 0.350 e. The number of β-lactam (4-membered cyclic amide) rings is 1. The highest BCUT2D eigenvalue weighted by molar-refractivity contribution is 5.89. The molecule has 0 spiro atoms. The second-order valence-corrected chi connectivity index (χ2v) is 3.27. The van der Waals surface area contributed by atoms with Crippen molar-refractivity contribution in [3.05, 3.63) is 25.3 Å². The van der Waals surface area contributed by atoms with Crippen molar-refractivity contribution >= 4 is 5.91 Å². The van der Waals surface area contributed by atoms with E-state index in [0.29, 0.717) is 0 Å². The van der Waals surface area contributed by atoms with Crippen LogP contribution in [0.25, 0.3) is 0 Å². The van der Waals surface area contributed by atoms with Crippen molar-refractivity contribution in [1.82, 2.24) is 10.2 Å². The average molecular weight is 180 g/mol. The van der Waals surface area contributed by atoms with E-state index in [4.69, 9.17) is 0 Å². The van der Waals surface area contributed by atoms with Crippen LogP contribution in [0.3, 0.4) is 0 Å². The van der Waals surface area contributed by atoms with Gasteiger partial charge in [-0.2, -0.15) is 0 Å². The molecule has 72 valence electrons. The van der Waals surface area contributed by atoms with Crippen molar-refractivity contribution < 1.29 is 4.79 Å². The highest BCUT2D eigenvalue weighted by Crippen LogP contribution is 2.13. The first-order valence-electron chi connectivity index (χ1n) is 4.47. The summed E-state index contributed by atoms with van der Waals surface area (Å²) < 4.78 is 0. The van der Waals surface area contributed by atoms with Gasteiger partial charge < -0.3 is 5.32 Å². The molecule has 0 saturated carbocycles. The molecular weight excluding hydrogens is 164 g/mol. The fourth-order valence-electron chi connectivity index (χ4n) is 1.63. The van der Waals surface area contributed by atoms with Crippen molar-refractivity contribution in [1.29, 1.82) is 0 Å². The highest BCUT2D eigenvalue weighted by Gasteiger charge is 2.39. The van der Waals surface area contributed by atoms with Gasteiger partial charge in [0, 0.05) is 13.1 Å². The molecule has 1 fully saturated rings. The van der Waals surface area contributed by atoms with Crippen LogP contribution in [0.4, 0.5) is 0 Å². The second-order valence-electron chi connectivity index (χ2n) is 3.27. The Labute approximate surface area is 79.1 Å². The van der Waals surface area contributed by atoms with E-state index in [1.807, 2.05) is 19.1 Å². The number of carbonyl (C=O) groups is 1. The molecular formula is C10H16N2O. The SMILES string of the molecule is C=CCN(CC=C)[C@H]1C(=O)N[C@H]1C. The number of hydrogen-bond donors (Lipinski definition) is 1. The van der Waals surface area contributed by atoms with Crippen LogP contribution in [-0.2, 0) is 4.79 Å². The Balaban J connectivity index is 2.57. The minimum Gasteiger partial charge on any atom is -0.350 e. The van der Waals surface area contributed by atoms with Gasteiger partial charge in [-0.05, 0) is 6.92 Å². The van der Waals surface area contributed by atoms with Crippen LogP contribution >= 0.6 is 0 Å². The number of nitrogens with zero attached hydrogens (tertiary/aromatic N) is 1. The molecule has 3 nitrogen and oxygen atoms in total. The summed E-state index contributed by atoms with van der Waals surface area (Å²) in [6.45, 7) is 10.8. The monoisotopic (exact) mass is 180 g/mol. The molecule has 1 heterocycles. The van der Waals surface area contributed by atoms with E-state index in [9.17, 15) is 4.79 Å². The molecule has 0 bridgehead atoms. The van der Waals surface area contributed by atoms with Crippen LogP contribution in [-0.4, -0.2) is 36.0 Å². The Morgan fingerprint density at radius 2 is 2.00 bits per heavy atom. The standard InChI is InChI=1S/C10H16N2O/c1-4-6-12(7-5-2)9-8(3)11-10(9)13/h4-5,8-9H,1-2,6-7H2,3H3,(H,11,13)/t8-,9+/m0/s1. The van der Waals surface area contributed by atoms with Gasteiger partial charge in [-0.1, -0.05) is 12.2 Å². The molecule has 0 aromatic rings. The zero-order valence-corrected chi connectivity index (χ0v) is 7.99. The maximum absolute atomic E-state index is 11.2. The predicted octanol–water partition coefficient (Wildman–Crippen LogP) is 0.547. The Morgan fingerprint density at radius 3 is 2.31 bits per heavy atom. The molecule has 0 aromatic carbocycles. The van der Waals surface area contributed by atoms with Crippen molar-refractivity contribution in [2.75, 3.05) is 13.1 Å². The third-order valence-electron chi connectivity index (χ3n) is 2.23. The van der Waals surface area contributed by atoms with Crippen LogP contribution in [0.2, 0.25) is 0 Å². The average Bonchev–Trinajstić information content (AvgIpc) is 2.04. The Morgan fingerprint density at radius 1 is 1.46 bits per heavy atom. The molecule has 0 radical (unpaired) electrons. The lowest BCUT2D eigenvalue weighted by atomic mass is 9.99. The van der Waals surface area contributed by atoms with Crippen LogP contribution in [0.15, 0.2) is 25.3 Å². The lowest BCUT2D eigenvalue weighted by molar-refractivity contribution is -0.136. The fraction of sp³-hybridized carbons (Fsp3) is 0.500. The zero-order valence-electron chi connectivity index (χ0n) is 7.99. The molecule has 13 heavy (non-hydrogen) atoms. The van der Waals surface area contributed by atoms with E-state index in [1.165, 1.54) is 0 Å². The molecule has 1 amide bonds. The molecule has 1 rings (SSSR count). The summed E-state index contributed by atoms with van der Waals surface area (Å²) in [6, 6.07) is 0.239. The minimum atomic E-state index is -0.00370. The van der Waals surface area contributed by atoms with Crippen LogP contribution in [0.5, 0.6) is 0 Å². The first kappa shape index (κ1) is 9.99. The van der Waals surface area contributed by atoms with Gasteiger partial charge in [0.05, 0.1) is 6.04 Å². The number of carbonyl (C=O) groups excluding carboxylic acids is 1. The van der Waals surface area contributed by atoms with Crippen LogP contribution in [0, 0.1) is 0 Å². The Hall–Kier alpha value is -1.09. The zero-order chi connectivity index (χ0) is 9.84. The maximum Gasteiger partial charge on any atom is 0.239 e. The van der Waals surface area contributed by atoms with Crippen molar-refractivity contribution in [3.8, 4) is 0 Å². The van der Waals surface area contributed by atoms with E-state index in [-0.39, 0.29) is 18.0 Å². The third-order valence-corrected chi connectivity index (χ3v) is 2.23. The fourth-order valence-corrected chi connectivity index (χ4v) is 1.63. The number of hydrogen-bond acceptors (Lipinski definition) is 2. The predicted molar refractivity (Wildman–Crippen MR) is 53.4 cm³/mol. The molecule has 3 heteroatoms. The van der Waals surface area contributed by atoms with Gasteiger partial charge in [-0.3, -0.25) is 9.69 Å². The molecule has 2 atom stereocenters. The van der Waals surface area contributed by atoms with Gasteiger partial charge >= 0.3 is 0 Å². The van der Waals surface area contributed by atoms with E-state index in [0.717, 1.165) is 13.1 Å². The molecule has 1 aliphatic heterocycles. The Kier molecular flexibility index (Phi) is 3.25. The van der Waals surface area contributed by atoms with Crippen molar-refractivity contribution in [3.63, 3.8) is 0 Å². The van der Waals surface area contributed by atoms with Gasteiger partial charge in [0.15, 0.2) is 0 Å². The molecule has 1 N–H and O–H groups in total. The van der Waals surface area contributed by atoms with Crippen LogP contribution < -0.4 is 5.32 Å². The molecule has 0 unspecified atom stereocenters. The maximum atomic E-state index is 11.2. The number of rotatable bonds is 5. The van der Waals surface area contributed by atoms with E-state index < -0.39 is 0 Å². The Bertz CT molecular complexity index is 215. The lowest BCUT2D eigenvalue weighted by Crippen LogP contribution is -2.67. The molecule has 1 aliphatic rings. The van der Waals surface area contributed by atoms with Gasteiger partial charge in [0.2, 0.25) is 5.91 Å². The van der Waals surface area contributed by atoms with Crippen molar-refractivity contribution in [2.24, 2.45) is 0 Å².